The largest absolute Gasteiger partial charge is 0.481 e. The number of carboxylic acid groups (broad SMARTS) is 1. The van der Waals surface area contributed by atoms with Crippen molar-refractivity contribution in [3.8, 4) is 0 Å². The highest BCUT2D eigenvalue weighted by atomic mass is 32.2. The molecule has 1 saturated heterocycles. The number of aliphatic carboxylic acids is 1. The molecule has 1 aliphatic carbocycles. The lowest BCUT2D eigenvalue weighted by molar-refractivity contribution is -0.137. The van der Waals surface area contributed by atoms with Gasteiger partial charge in [-0.15, -0.1) is 0 Å². The highest BCUT2D eigenvalue weighted by Crippen LogP contribution is 2.49. The third-order valence-corrected chi connectivity index (χ3v) is 7.66. The van der Waals surface area contributed by atoms with E-state index in [1.807, 2.05) is 0 Å². The Labute approximate surface area is 152 Å². The van der Waals surface area contributed by atoms with Crippen molar-refractivity contribution < 1.29 is 9.90 Å². The van der Waals surface area contributed by atoms with Crippen LogP contribution >= 0.6 is 11.8 Å². The second kappa shape index (κ2) is 10.5. The molecule has 0 aromatic carbocycles. The van der Waals surface area contributed by atoms with Crippen molar-refractivity contribution in [2.75, 3.05) is 0 Å². The molecule has 2 aliphatic rings. The van der Waals surface area contributed by atoms with E-state index in [0.29, 0.717) is 11.7 Å². The highest BCUT2D eigenvalue weighted by molar-refractivity contribution is 8.00. The Morgan fingerprint density at radius 3 is 2.79 bits per heavy atom. The van der Waals surface area contributed by atoms with E-state index in [-0.39, 0.29) is 0 Å². The summed E-state index contributed by atoms with van der Waals surface area (Å²) in [5.41, 5.74) is 0. The zero-order chi connectivity index (χ0) is 17.4. The zero-order valence-corrected chi connectivity index (χ0v) is 16.4. The smallest absolute Gasteiger partial charge is 0.303 e. The fourth-order valence-electron chi connectivity index (χ4n) is 4.40. The van der Waals surface area contributed by atoms with Gasteiger partial charge >= 0.3 is 5.97 Å². The second-order valence-electron chi connectivity index (χ2n) is 7.92. The fraction of sp³-hybridized carbons (Fsp3) is 0.857. The van der Waals surface area contributed by atoms with E-state index in [0.717, 1.165) is 35.8 Å². The third kappa shape index (κ3) is 6.46. The quantitative estimate of drug-likeness (QED) is 0.370. The van der Waals surface area contributed by atoms with Crippen LogP contribution in [0.15, 0.2) is 12.2 Å². The topological polar surface area (TPSA) is 37.3 Å². The van der Waals surface area contributed by atoms with Crippen molar-refractivity contribution in [1.29, 1.82) is 0 Å². The number of thioether (sulfide) groups is 1. The predicted octanol–water partition coefficient (Wildman–Crippen LogP) is 6.30. The van der Waals surface area contributed by atoms with Gasteiger partial charge in [-0.2, -0.15) is 11.8 Å². The summed E-state index contributed by atoms with van der Waals surface area (Å²) >= 11 is 2.18. The molecule has 0 bridgehead atoms. The van der Waals surface area contributed by atoms with Gasteiger partial charge in [0.1, 0.15) is 0 Å². The SMILES string of the molecule is CCCCC[C@H](C)/C=C/C1CC[C@@H]2SC(CCCC(=O)O)CC[C@H]12. The molecule has 5 atom stereocenters. The van der Waals surface area contributed by atoms with Gasteiger partial charge < -0.3 is 5.11 Å². The van der Waals surface area contributed by atoms with Crippen molar-refractivity contribution >= 4 is 17.7 Å². The van der Waals surface area contributed by atoms with Crippen molar-refractivity contribution in [1.82, 2.24) is 0 Å². The summed E-state index contributed by atoms with van der Waals surface area (Å²) in [5, 5.41) is 10.3. The monoisotopic (exact) mass is 352 g/mol. The van der Waals surface area contributed by atoms with Crippen LogP contribution in [0.3, 0.4) is 0 Å². The number of fused-ring (bicyclic) bond motifs is 1. The van der Waals surface area contributed by atoms with Crippen LogP contribution < -0.4 is 0 Å². The normalized spacial score (nSPS) is 31.2. The summed E-state index contributed by atoms with van der Waals surface area (Å²) < 4.78 is 0. The maximum atomic E-state index is 10.7. The lowest BCUT2D eigenvalue weighted by Gasteiger charge is -2.33. The minimum atomic E-state index is -0.646. The van der Waals surface area contributed by atoms with Crippen LogP contribution in [0.25, 0.3) is 0 Å². The van der Waals surface area contributed by atoms with Gasteiger partial charge in [-0.25, -0.2) is 0 Å². The lowest BCUT2D eigenvalue weighted by atomic mass is 9.88. The van der Waals surface area contributed by atoms with Crippen molar-refractivity contribution in [2.45, 2.75) is 95.0 Å². The van der Waals surface area contributed by atoms with E-state index in [1.165, 1.54) is 51.4 Å². The number of rotatable bonds is 10. The lowest BCUT2D eigenvalue weighted by Crippen LogP contribution is -2.26. The van der Waals surface area contributed by atoms with Gasteiger partial charge in [-0.3, -0.25) is 4.79 Å². The first-order chi connectivity index (χ1) is 11.6. The molecule has 1 saturated carbocycles. The first-order valence-electron chi connectivity index (χ1n) is 10.2. The molecule has 0 aromatic heterocycles. The van der Waals surface area contributed by atoms with Crippen LogP contribution in [0.2, 0.25) is 0 Å². The molecule has 2 nitrogen and oxygen atoms in total. The van der Waals surface area contributed by atoms with Crippen molar-refractivity contribution in [3.63, 3.8) is 0 Å². The van der Waals surface area contributed by atoms with Crippen LogP contribution in [0.1, 0.15) is 84.5 Å². The molecular weight excluding hydrogens is 316 g/mol. The van der Waals surface area contributed by atoms with Gasteiger partial charge in [-0.05, 0) is 62.7 Å². The molecule has 0 spiro atoms. The summed E-state index contributed by atoms with van der Waals surface area (Å²) in [6.07, 6.45) is 18.1. The van der Waals surface area contributed by atoms with Gasteiger partial charge in [0.2, 0.25) is 0 Å². The Balaban J connectivity index is 1.71. The van der Waals surface area contributed by atoms with Crippen LogP contribution in [0, 0.1) is 17.8 Å². The zero-order valence-electron chi connectivity index (χ0n) is 15.6. The molecule has 2 unspecified atom stereocenters. The molecule has 24 heavy (non-hydrogen) atoms. The number of allylic oxidation sites excluding steroid dienone is 2. The molecule has 3 heteroatoms. The summed E-state index contributed by atoms with van der Waals surface area (Å²) in [5.74, 6) is 1.77. The molecule has 0 radical (unpaired) electrons. The third-order valence-electron chi connectivity index (χ3n) is 5.87. The Bertz CT molecular complexity index is 407. The van der Waals surface area contributed by atoms with Crippen LogP contribution in [-0.2, 0) is 4.79 Å². The van der Waals surface area contributed by atoms with Crippen LogP contribution in [-0.4, -0.2) is 21.6 Å². The van der Waals surface area contributed by atoms with E-state index < -0.39 is 5.97 Å². The van der Waals surface area contributed by atoms with Gasteiger partial charge in [-0.1, -0.05) is 45.3 Å². The van der Waals surface area contributed by atoms with E-state index in [1.54, 1.807) is 0 Å². The van der Waals surface area contributed by atoms with Crippen molar-refractivity contribution in [3.05, 3.63) is 12.2 Å². The Kier molecular flexibility index (Phi) is 8.72. The Morgan fingerprint density at radius 1 is 1.21 bits per heavy atom. The molecule has 1 heterocycles. The standard InChI is InChI=1S/C21H36O2S/c1-3-4-5-7-16(2)10-11-17-12-15-20-19(17)14-13-18(24-20)8-6-9-21(22)23/h10-11,16-20H,3-9,12-15H2,1-2H3,(H,22,23)/b11-10+/t16-,17?,18?,19+,20-/m0/s1. The molecule has 1 aliphatic heterocycles. The van der Waals surface area contributed by atoms with Gasteiger partial charge in [0.15, 0.2) is 0 Å². The molecular formula is C21H36O2S. The second-order valence-corrected chi connectivity index (χ2v) is 9.47. The molecule has 0 amide bonds. The molecule has 2 fully saturated rings. The van der Waals surface area contributed by atoms with E-state index in [2.05, 4.69) is 37.8 Å². The average Bonchev–Trinajstić information content (AvgIpc) is 2.95. The Hall–Kier alpha value is -0.440. The molecule has 2 rings (SSSR count). The predicted molar refractivity (Wildman–Crippen MR) is 105 cm³/mol. The van der Waals surface area contributed by atoms with E-state index in [4.69, 9.17) is 5.11 Å². The summed E-state index contributed by atoms with van der Waals surface area (Å²) in [6.45, 7) is 4.64. The minimum absolute atomic E-state index is 0.340. The van der Waals surface area contributed by atoms with Crippen LogP contribution in [0.5, 0.6) is 0 Å². The maximum absolute atomic E-state index is 10.7. The fourth-order valence-corrected chi connectivity index (χ4v) is 6.28. The average molecular weight is 353 g/mol. The number of carboxylic acids is 1. The van der Waals surface area contributed by atoms with Gasteiger partial charge in [0, 0.05) is 16.9 Å². The van der Waals surface area contributed by atoms with E-state index >= 15 is 0 Å². The number of hydrogen-bond donors (Lipinski definition) is 1. The Morgan fingerprint density at radius 2 is 2.04 bits per heavy atom. The summed E-state index contributed by atoms with van der Waals surface area (Å²) in [7, 11) is 0. The summed E-state index contributed by atoms with van der Waals surface area (Å²) in [6, 6.07) is 0. The van der Waals surface area contributed by atoms with Crippen LogP contribution in [0.4, 0.5) is 0 Å². The maximum Gasteiger partial charge on any atom is 0.303 e. The van der Waals surface area contributed by atoms with E-state index in [9.17, 15) is 4.79 Å². The molecule has 0 aromatic rings. The van der Waals surface area contributed by atoms with Crippen molar-refractivity contribution in [2.24, 2.45) is 17.8 Å². The first kappa shape index (κ1) is 19.9. The minimum Gasteiger partial charge on any atom is -0.481 e. The number of unbranched alkanes of at least 4 members (excludes halogenated alkanes) is 2. The van der Waals surface area contributed by atoms with Gasteiger partial charge in [0.05, 0.1) is 0 Å². The number of hydrogen-bond acceptors (Lipinski definition) is 2. The van der Waals surface area contributed by atoms with Gasteiger partial charge in [0.25, 0.3) is 0 Å². The highest BCUT2D eigenvalue weighted by Gasteiger charge is 2.39. The number of carbonyl (C=O) groups is 1. The molecule has 138 valence electrons. The summed E-state index contributed by atoms with van der Waals surface area (Å²) in [4.78, 5) is 10.7. The molecule has 1 N–H and O–H groups in total. The first-order valence-corrected chi connectivity index (χ1v) is 11.1.